The standard InChI is InChI=1S/C30H27NO/c1-4-11-23-16-21(2)29(22(3)17-23)31-20-27-18-26(24-12-7-5-8-13-24)19-28(30(27)32)25-14-9-6-10-15-25/h4-10,12-20,32H,1,11H2,2-3H3. The van der Waals surface area contributed by atoms with Crippen molar-refractivity contribution in [2.45, 2.75) is 20.3 Å². The lowest BCUT2D eigenvalue weighted by Crippen LogP contribution is -1.92. The molecule has 0 heterocycles. The van der Waals surface area contributed by atoms with E-state index in [1.807, 2.05) is 66.7 Å². The highest BCUT2D eigenvalue weighted by atomic mass is 16.3. The molecule has 4 aromatic carbocycles. The molecule has 0 unspecified atom stereocenters. The Morgan fingerprint density at radius 3 is 1.97 bits per heavy atom. The van der Waals surface area contributed by atoms with Gasteiger partial charge in [0.25, 0.3) is 0 Å². The minimum Gasteiger partial charge on any atom is -0.507 e. The summed E-state index contributed by atoms with van der Waals surface area (Å²) in [6, 6.07) is 28.5. The van der Waals surface area contributed by atoms with Crippen LogP contribution in [0, 0.1) is 13.8 Å². The van der Waals surface area contributed by atoms with Crippen LogP contribution in [0.25, 0.3) is 22.3 Å². The molecule has 0 radical (unpaired) electrons. The zero-order chi connectivity index (χ0) is 22.5. The molecule has 0 fully saturated rings. The monoisotopic (exact) mass is 417 g/mol. The van der Waals surface area contributed by atoms with Gasteiger partial charge in [-0.1, -0.05) is 78.9 Å². The van der Waals surface area contributed by atoms with Gasteiger partial charge in [0.2, 0.25) is 0 Å². The van der Waals surface area contributed by atoms with Gasteiger partial charge < -0.3 is 5.11 Å². The number of phenols is 1. The second-order valence-corrected chi connectivity index (χ2v) is 8.02. The summed E-state index contributed by atoms with van der Waals surface area (Å²) >= 11 is 0. The fraction of sp³-hybridized carbons (Fsp3) is 0.100. The van der Waals surface area contributed by atoms with Gasteiger partial charge >= 0.3 is 0 Å². The van der Waals surface area contributed by atoms with E-state index in [1.54, 1.807) is 6.21 Å². The highest BCUT2D eigenvalue weighted by molar-refractivity contribution is 5.93. The molecule has 4 aromatic rings. The number of phenolic OH excluding ortho intramolecular Hbond substituents is 1. The Bertz CT molecular complexity index is 1250. The lowest BCUT2D eigenvalue weighted by molar-refractivity contribution is 0.476. The van der Waals surface area contributed by atoms with Gasteiger partial charge in [-0.05, 0) is 65.8 Å². The Hall–Kier alpha value is -3.91. The first kappa shape index (κ1) is 21.3. The molecule has 0 aliphatic rings. The van der Waals surface area contributed by atoms with Crippen molar-refractivity contribution in [1.82, 2.24) is 0 Å². The van der Waals surface area contributed by atoms with Crippen molar-refractivity contribution in [2.24, 2.45) is 4.99 Å². The summed E-state index contributed by atoms with van der Waals surface area (Å²) in [4.78, 5) is 4.80. The van der Waals surface area contributed by atoms with E-state index in [0.717, 1.165) is 45.5 Å². The third-order valence-corrected chi connectivity index (χ3v) is 5.59. The van der Waals surface area contributed by atoms with E-state index in [4.69, 9.17) is 4.99 Å². The van der Waals surface area contributed by atoms with Crippen molar-refractivity contribution in [3.05, 3.63) is 120 Å². The van der Waals surface area contributed by atoms with Crippen LogP contribution in [0.15, 0.2) is 103 Å². The first-order valence-corrected chi connectivity index (χ1v) is 10.8. The first-order chi connectivity index (χ1) is 15.6. The van der Waals surface area contributed by atoms with Crippen molar-refractivity contribution in [2.75, 3.05) is 0 Å². The highest BCUT2D eigenvalue weighted by Gasteiger charge is 2.12. The fourth-order valence-corrected chi connectivity index (χ4v) is 4.06. The van der Waals surface area contributed by atoms with Gasteiger partial charge in [-0.25, -0.2) is 0 Å². The molecule has 0 spiro atoms. The minimum atomic E-state index is 0.234. The number of aryl methyl sites for hydroxylation is 2. The molecule has 0 saturated heterocycles. The maximum absolute atomic E-state index is 11.1. The van der Waals surface area contributed by atoms with Gasteiger partial charge in [0.05, 0.1) is 5.69 Å². The van der Waals surface area contributed by atoms with E-state index in [-0.39, 0.29) is 5.75 Å². The fourth-order valence-electron chi connectivity index (χ4n) is 4.06. The smallest absolute Gasteiger partial charge is 0.132 e. The molecule has 0 saturated carbocycles. The second-order valence-electron chi connectivity index (χ2n) is 8.02. The maximum atomic E-state index is 11.1. The summed E-state index contributed by atoms with van der Waals surface area (Å²) in [6.07, 6.45) is 4.53. The van der Waals surface area contributed by atoms with Crippen LogP contribution >= 0.6 is 0 Å². The molecule has 0 aromatic heterocycles. The predicted molar refractivity (Wildman–Crippen MR) is 136 cm³/mol. The molecule has 0 aliphatic heterocycles. The molecule has 2 nitrogen and oxygen atoms in total. The van der Waals surface area contributed by atoms with Crippen LogP contribution in [0.1, 0.15) is 22.3 Å². The van der Waals surface area contributed by atoms with Crippen LogP contribution in [0.3, 0.4) is 0 Å². The van der Waals surface area contributed by atoms with E-state index < -0.39 is 0 Å². The molecular weight excluding hydrogens is 390 g/mol. The van der Waals surface area contributed by atoms with Crippen molar-refractivity contribution in [1.29, 1.82) is 0 Å². The van der Waals surface area contributed by atoms with Crippen LogP contribution in [-0.4, -0.2) is 11.3 Å². The Balaban J connectivity index is 1.83. The molecule has 0 amide bonds. The van der Waals surface area contributed by atoms with E-state index in [9.17, 15) is 5.11 Å². The number of allylic oxidation sites excluding steroid dienone is 1. The van der Waals surface area contributed by atoms with Gasteiger partial charge in [0.15, 0.2) is 0 Å². The summed E-state index contributed by atoms with van der Waals surface area (Å²) in [5.41, 5.74) is 8.98. The quantitative estimate of drug-likeness (QED) is 0.252. The minimum absolute atomic E-state index is 0.234. The predicted octanol–water partition coefficient (Wildman–Crippen LogP) is 7.82. The Morgan fingerprint density at radius 2 is 1.38 bits per heavy atom. The summed E-state index contributed by atoms with van der Waals surface area (Å²) in [5.74, 6) is 0.234. The Morgan fingerprint density at radius 1 is 0.781 bits per heavy atom. The largest absolute Gasteiger partial charge is 0.507 e. The molecule has 1 N–H and O–H groups in total. The van der Waals surface area contributed by atoms with Crippen LogP contribution < -0.4 is 0 Å². The Kier molecular flexibility index (Phi) is 6.32. The second kappa shape index (κ2) is 9.49. The van der Waals surface area contributed by atoms with E-state index in [1.165, 1.54) is 5.56 Å². The molecule has 32 heavy (non-hydrogen) atoms. The molecule has 158 valence electrons. The lowest BCUT2D eigenvalue weighted by Gasteiger charge is -2.12. The zero-order valence-electron chi connectivity index (χ0n) is 18.5. The normalized spacial score (nSPS) is 11.1. The van der Waals surface area contributed by atoms with Crippen LogP contribution in [0.2, 0.25) is 0 Å². The number of benzene rings is 4. The molecule has 4 rings (SSSR count). The van der Waals surface area contributed by atoms with Gasteiger partial charge in [0, 0.05) is 17.3 Å². The zero-order valence-corrected chi connectivity index (χ0v) is 18.5. The molecule has 0 bridgehead atoms. The van der Waals surface area contributed by atoms with E-state index in [2.05, 4.69) is 44.7 Å². The number of hydrogen-bond donors (Lipinski definition) is 1. The average molecular weight is 418 g/mol. The number of hydrogen-bond acceptors (Lipinski definition) is 2. The average Bonchev–Trinajstić information content (AvgIpc) is 2.81. The van der Waals surface area contributed by atoms with E-state index >= 15 is 0 Å². The van der Waals surface area contributed by atoms with Gasteiger partial charge in [-0.3, -0.25) is 4.99 Å². The topological polar surface area (TPSA) is 32.6 Å². The Labute approximate surface area is 190 Å². The summed E-state index contributed by atoms with van der Waals surface area (Å²) in [5, 5.41) is 11.1. The van der Waals surface area contributed by atoms with Gasteiger partial charge in [-0.2, -0.15) is 0 Å². The maximum Gasteiger partial charge on any atom is 0.132 e. The van der Waals surface area contributed by atoms with Gasteiger partial charge in [-0.15, -0.1) is 6.58 Å². The number of aliphatic imine (C=N–C) groups is 1. The van der Waals surface area contributed by atoms with Gasteiger partial charge in [0.1, 0.15) is 5.75 Å². The van der Waals surface area contributed by atoms with E-state index in [0.29, 0.717) is 5.56 Å². The van der Waals surface area contributed by atoms with Crippen molar-refractivity contribution in [3.8, 4) is 28.0 Å². The number of nitrogens with zero attached hydrogens (tertiary/aromatic N) is 1. The van der Waals surface area contributed by atoms with Crippen LogP contribution in [0.5, 0.6) is 5.75 Å². The molecule has 0 atom stereocenters. The van der Waals surface area contributed by atoms with Crippen molar-refractivity contribution >= 4 is 11.9 Å². The SMILES string of the molecule is C=CCc1cc(C)c(N=Cc2cc(-c3ccccc3)cc(-c3ccccc3)c2O)c(C)c1. The van der Waals surface area contributed by atoms with Crippen LogP contribution in [0.4, 0.5) is 5.69 Å². The lowest BCUT2D eigenvalue weighted by atomic mass is 9.95. The third kappa shape index (κ3) is 4.55. The highest BCUT2D eigenvalue weighted by Crippen LogP contribution is 2.37. The summed E-state index contributed by atoms with van der Waals surface area (Å²) in [6.45, 7) is 7.98. The van der Waals surface area contributed by atoms with Crippen molar-refractivity contribution in [3.63, 3.8) is 0 Å². The molecule has 2 heteroatoms. The number of rotatable bonds is 6. The molecule has 0 aliphatic carbocycles. The van der Waals surface area contributed by atoms with Crippen molar-refractivity contribution < 1.29 is 5.11 Å². The third-order valence-electron chi connectivity index (χ3n) is 5.59. The summed E-state index contributed by atoms with van der Waals surface area (Å²) in [7, 11) is 0. The molecular formula is C30H27NO. The summed E-state index contributed by atoms with van der Waals surface area (Å²) < 4.78 is 0. The number of aromatic hydroxyl groups is 1. The first-order valence-electron chi connectivity index (χ1n) is 10.8. The van der Waals surface area contributed by atoms with Crippen LogP contribution in [-0.2, 0) is 6.42 Å².